The highest BCUT2D eigenvalue weighted by Crippen LogP contribution is 2.27. The smallest absolute Gasteiger partial charge is 0.336 e. The maximum atomic E-state index is 10.9. The Morgan fingerprint density at radius 1 is 1.50 bits per heavy atom. The number of halogens is 1. The maximum absolute atomic E-state index is 10.9. The Kier molecular flexibility index (Phi) is 4.73. The summed E-state index contributed by atoms with van der Waals surface area (Å²) in [7, 11) is 1.76. The number of hydrogen-bond donors (Lipinski definition) is 2. The lowest BCUT2D eigenvalue weighted by molar-refractivity contribution is -0.158. The number of hydrogen-bond acceptors (Lipinski definition) is 3. The van der Waals surface area contributed by atoms with E-state index < -0.39 is 11.6 Å². The predicted molar refractivity (Wildman–Crippen MR) is 70.8 cm³/mol. The highest BCUT2D eigenvalue weighted by molar-refractivity contribution is 6.31. The average Bonchev–Trinajstić information content (AvgIpc) is 2.28. The van der Waals surface area contributed by atoms with Crippen LogP contribution in [-0.2, 0) is 4.79 Å². The molecule has 0 aliphatic rings. The van der Waals surface area contributed by atoms with Crippen LogP contribution in [0.3, 0.4) is 0 Å². The van der Waals surface area contributed by atoms with E-state index in [1.165, 1.54) is 6.92 Å². The Labute approximate surface area is 112 Å². The molecular weight excluding hydrogens is 254 g/mol. The lowest BCUT2D eigenvalue weighted by Crippen LogP contribution is -2.46. The van der Waals surface area contributed by atoms with E-state index in [9.17, 15) is 9.90 Å². The van der Waals surface area contributed by atoms with Gasteiger partial charge in [-0.25, -0.2) is 4.79 Å². The van der Waals surface area contributed by atoms with E-state index in [0.29, 0.717) is 5.02 Å². The van der Waals surface area contributed by atoms with E-state index in [-0.39, 0.29) is 12.6 Å². The summed E-state index contributed by atoms with van der Waals surface area (Å²) in [6.45, 7) is 3.22. The topological polar surface area (TPSA) is 60.8 Å². The first-order valence-corrected chi connectivity index (χ1v) is 6.04. The molecule has 4 nitrogen and oxygen atoms in total. The van der Waals surface area contributed by atoms with Gasteiger partial charge >= 0.3 is 5.97 Å². The van der Waals surface area contributed by atoms with Crippen LogP contribution in [-0.4, -0.2) is 40.3 Å². The number of rotatable bonds is 5. The van der Waals surface area contributed by atoms with Gasteiger partial charge in [0.25, 0.3) is 0 Å². The van der Waals surface area contributed by atoms with E-state index in [2.05, 4.69) is 0 Å². The molecular formula is C13H18ClNO3. The van der Waals surface area contributed by atoms with Gasteiger partial charge < -0.3 is 10.2 Å². The summed E-state index contributed by atoms with van der Waals surface area (Å²) < 4.78 is 0. The van der Waals surface area contributed by atoms with Gasteiger partial charge in [0.1, 0.15) is 0 Å². The number of nitrogens with zero attached hydrogens (tertiary/aromatic N) is 1. The fraction of sp³-hybridized carbons (Fsp3) is 0.462. The first-order chi connectivity index (χ1) is 8.25. The van der Waals surface area contributed by atoms with E-state index in [0.717, 1.165) is 5.56 Å². The summed E-state index contributed by atoms with van der Waals surface area (Å²) >= 11 is 6.09. The highest BCUT2D eigenvalue weighted by Gasteiger charge is 2.32. The lowest BCUT2D eigenvalue weighted by atomic mass is 10.0. The monoisotopic (exact) mass is 271 g/mol. The summed E-state index contributed by atoms with van der Waals surface area (Å²) in [5, 5.41) is 19.3. The van der Waals surface area contributed by atoms with Gasteiger partial charge in [-0.05, 0) is 32.5 Å². The molecule has 0 fully saturated rings. The molecule has 18 heavy (non-hydrogen) atoms. The third kappa shape index (κ3) is 3.45. The summed E-state index contributed by atoms with van der Waals surface area (Å²) in [4.78, 5) is 12.6. The molecule has 1 aromatic carbocycles. The first kappa shape index (κ1) is 15.0. The van der Waals surface area contributed by atoms with Crippen LogP contribution in [0.2, 0.25) is 5.02 Å². The largest absolute Gasteiger partial charge is 0.479 e. The zero-order valence-corrected chi connectivity index (χ0v) is 11.5. The number of likely N-dealkylation sites (N-methyl/N-ethyl adjacent to an activating group) is 1. The molecule has 0 aliphatic carbocycles. The van der Waals surface area contributed by atoms with Crippen molar-refractivity contribution >= 4 is 17.6 Å². The molecule has 0 amide bonds. The van der Waals surface area contributed by atoms with Crippen molar-refractivity contribution in [1.82, 2.24) is 4.90 Å². The normalized spacial score (nSPS) is 16.3. The minimum absolute atomic E-state index is 0.0225. The zero-order valence-electron chi connectivity index (χ0n) is 10.7. The minimum Gasteiger partial charge on any atom is -0.479 e. The number of carboxylic acid groups (broad SMARTS) is 1. The fourth-order valence-corrected chi connectivity index (χ4v) is 2.04. The van der Waals surface area contributed by atoms with Crippen molar-refractivity contribution in [3.8, 4) is 0 Å². The van der Waals surface area contributed by atoms with Gasteiger partial charge in [-0.15, -0.1) is 0 Å². The molecule has 0 radical (unpaired) electrons. The van der Waals surface area contributed by atoms with E-state index in [4.69, 9.17) is 16.7 Å². The van der Waals surface area contributed by atoms with Crippen LogP contribution >= 0.6 is 11.6 Å². The number of carbonyl (C=O) groups is 1. The van der Waals surface area contributed by atoms with Gasteiger partial charge in [0, 0.05) is 17.6 Å². The van der Waals surface area contributed by atoms with Crippen molar-refractivity contribution in [2.75, 3.05) is 13.6 Å². The van der Waals surface area contributed by atoms with Crippen LogP contribution in [0, 0.1) is 0 Å². The molecule has 0 spiro atoms. The number of carboxylic acids is 1. The first-order valence-electron chi connectivity index (χ1n) is 5.66. The van der Waals surface area contributed by atoms with Crippen molar-refractivity contribution < 1.29 is 15.0 Å². The molecule has 0 aliphatic heterocycles. The molecule has 0 saturated heterocycles. The second-order valence-corrected chi connectivity index (χ2v) is 5.10. The van der Waals surface area contributed by atoms with Crippen molar-refractivity contribution in [2.45, 2.75) is 25.5 Å². The second-order valence-electron chi connectivity index (χ2n) is 4.69. The quantitative estimate of drug-likeness (QED) is 0.862. The van der Waals surface area contributed by atoms with Gasteiger partial charge in [-0.1, -0.05) is 29.8 Å². The van der Waals surface area contributed by atoms with E-state index in [1.807, 2.05) is 25.1 Å². The van der Waals surface area contributed by atoms with Crippen LogP contribution in [0.15, 0.2) is 24.3 Å². The lowest BCUT2D eigenvalue weighted by Gasteiger charge is -2.30. The predicted octanol–water partition coefficient (Wildman–Crippen LogP) is 2.17. The third-order valence-corrected chi connectivity index (χ3v) is 3.38. The fourth-order valence-electron chi connectivity index (χ4n) is 1.74. The average molecular weight is 272 g/mol. The molecule has 2 unspecified atom stereocenters. The number of aliphatic hydroxyl groups is 1. The maximum Gasteiger partial charge on any atom is 0.336 e. The number of benzene rings is 1. The standard InChI is InChI=1S/C13H18ClNO3/c1-9(10-6-4-5-7-11(10)14)15(3)8-13(2,18)12(16)17/h4-7,9,18H,8H2,1-3H3,(H,16,17). The van der Waals surface area contributed by atoms with E-state index >= 15 is 0 Å². The van der Waals surface area contributed by atoms with Crippen molar-refractivity contribution in [3.05, 3.63) is 34.9 Å². The van der Waals surface area contributed by atoms with Crippen LogP contribution in [0.25, 0.3) is 0 Å². The molecule has 0 heterocycles. The van der Waals surface area contributed by atoms with Gasteiger partial charge in [0.15, 0.2) is 5.60 Å². The highest BCUT2D eigenvalue weighted by atomic mass is 35.5. The van der Waals surface area contributed by atoms with Crippen LogP contribution in [0.5, 0.6) is 0 Å². The number of aliphatic carboxylic acids is 1. The molecule has 5 heteroatoms. The molecule has 1 aromatic rings. The Balaban J connectivity index is 2.83. The van der Waals surface area contributed by atoms with E-state index in [1.54, 1.807) is 18.0 Å². The van der Waals surface area contributed by atoms with Gasteiger partial charge in [0.2, 0.25) is 0 Å². The van der Waals surface area contributed by atoms with Crippen LogP contribution in [0.1, 0.15) is 25.5 Å². The summed E-state index contributed by atoms with van der Waals surface area (Å²) in [6.07, 6.45) is 0. The Morgan fingerprint density at radius 2 is 2.06 bits per heavy atom. The van der Waals surface area contributed by atoms with Crippen molar-refractivity contribution in [2.24, 2.45) is 0 Å². The van der Waals surface area contributed by atoms with Crippen molar-refractivity contribution in [3.63, 3.8) is 0 Å². The minimum atomic E-state index is -1.77. The Bertz CT molecular complexity index is 434. The molecule has 0 aromatic heterocycles. The van der Waals surface area contributed by atoms with Gasteiger partial charge in [0.05, 0.1) is 0 Å². The zero-order chi connectivity index (χ0) is 13.9. The Hall–Kier alpha value is -1.10. The van der Waals surface area contributed by atoms with Crippen molar-refractivity contribution in [1.29, 1.82) is 0 Å². The molecule has 2 atom stereocenters. The van der Waals surface area contributed by atoms with Crippen LogP contribution in [0.4, 0.5) is 0 Å². The third-order valence-electron chi connectivity index (χ3n) is 3.03. The molecule has 2 N–H and O–H groups in total. The Morgan fingerprint density at radius 3 is 2.56 bits per heavy atom. The SMILES string of the molecule is CC(c1ccccc1Cl)N(C)CC(C)(O)C(=O)O. The summed E-state index contributed by atoms with van der Waals surface area (Å²) in [6, 6.07) is 7.31. The van der Waals surface area contributed by atoms with Gasteiger partial charge in [-0.3, -0.25) is 4.90 Å². The summed E-state index contributed by atoms with van der Waals surface area (Å²) in [5.74, 6) is -1.24. The second kappa shape index (κ2) is 5.69. The molecule has 0 bridgehead atoms. The van der Waals surface area contributed by atoms with Gasteiger partial charge in [-0.2, -0.15) is 0 Å². The van der Waals surface area contributed by atoms with Crippen LogP contribution < -0.4 is 0 Å². The molecule has 0 saturated carbocycles. The molecule has 100 valence electrons. The summed E-state index contributed by atoms with van der Waals surface area (Å²) in [5.41, 5.74) is -0.868. The molecule has 1 rings (SSSR count).